The Bertz CT molecular complexity index is 2990. The summed E-state index contributed by atoms with van der Waals surface area (Å²) in [7, 11) is 0. The summed E-state index contributed by atoms with van der Waals surface area (Å²) in [5, 5.41) is 0. The Balaban J connectivity index is 0.000000728. The second kappa shape index (κ2) is 60.9. The highest BCUT2D eigenvalue weighted by atomic mass is 16.6. The molecule has 5 unspecified atom stereocenters. The van der Waals surface area contributed by atoms with Gasteiger partial charge in [-0.05, 0) is 352 Å². The fraction of sp³-hybridized carbons (Fsp3) is 0.928. The maximum absolute atomic E-state index is 12.5. The molecule has 0 aromatic heterocycles. The minimum atomic E-state index is -0.361. The molecule has 5 atom stereocenters. The van der Waals surface area contributed by atoms with Crippen LogP contribution in [0.15, 0.2) is 0 Å². The van der Waals surface area contributed by atoms with Crippen molar-refractivity contribution < 1.29 is 76.3 Å². The average molecular weight is 1800 g/mol. The third-order valence-electron chi connectivity index (χ3n) is 31.6. The van der Waals surface area contributed by atoms with Crippen LogP contribution in [0.5, 0.6) is 0 Å². The van der Waals surface area contributed by atoms with Crippen molar-refractivity contribution in [2.24, 2.45) is 57.7 Å². The lowest BCUT2D eigenvalue weighted by Gasteiger charge is -2.41. The van der Waals surface area contributed by atoms with Crippen LogP contribution < -0.4 is 0 Å². The first-order valence-corrected chi connectivity index (χ1v) is 53.4. The lowest BCUT2D eigenvalue weighted by Crippen LogP contribution is -2.44. The van der Waals surface area contributed by atoms with E-state index < -0.39 is 0 Å². The second-order valence-corrected chi connectivity index (χ2v) is 44.2. The van der Waals surface area contributed by atoms with Gasteiger partial charge in [-0.25, -0.2) is 0 Å². The zero-order valence-corrected chi connectivity index (χ0v) is 88.7. The molecule has 0 aromatic carbocycles. The molecule has 8 fully saturated rings. The molecular formula is C111H206O16. The molecule has 8 rings (SSSR count). The van der Waals surface area contributed by atoms with Crippen LogP contribution in [-0.2, 0) is 76.3 Å². The standard InChI is InChI=1S/C18H34O2.C16H30O2.2C14H26O2.C13H24O2.3C12H22O2/c1-6-17(4,5)16(19)20-18(7-2,8-3)15-13-11-9-10-12-14-15;1-5-13(2)15(17)18-16(3,4)14-11-9-7-6-8-10-12-14;1-5-13(3,4)12(15)16-14(6-2)10-8-7-9-11-14;1-4-12(2)13(15)16-14(3)10-8-6-5-7-9-11-14;1-4-11(2)12(14)15-13(3)9-7-5-6-8-10-13;1-5-11(2,3)10(13)14-12(4)8-6-7-9-12;1-4-10(2)11(13)14-12(3)8-6-5-7-9-12;1-4-10(3)11(13)14-12(5-2)8-6-7-9-12/h15H,6-14H2,1-5H3;13-14H,5-12H2,1-4H3;5-11H2,1-4H3;12H,4-11H2,1-3H3;11H,4-10H2,1-3H3;5-9H2,1-4H3;2*10H,4-9H2,1-3H3. The van der Waals surface area contributed by atoms with Crippen LogP contribution in [0.2, 0.25) is 0 Å². The van der Waals surface area contributed by atoms with E-state index in [1.54, 1.807) is 0 Å². The first-order valence-electron chi connectivity index (χ1n) is 53.4. The van der Waals surface area contributed by atoms with Crippen LogP contribution in [-0.4, -0.2) is 92.6 Å². The number of ether oxygens (including phenoxy) is 8. The zero-order chi connectivity index (χ0) is 96.4. The van der Waals surface area contributed by atoms with Crippen molar-refractivity contribution in [1.82, 2.24) is 0 Å². The molecule has 0 heterocycles. The number of esters is 8. The van der Waals surface area contributed by atoms with E-state index >= 15 is 0 Å². The van der Waals surface area contributed by atoms with Gasteiger partial charge in [-0.15, -0.1) is 0 Å². The van der Waals surface area contributed by atoms with Gasteiger partial charge in [-0.1, -0.05) is 220 Å². The van der Waals surface area contributed by atoms with Crippen molar-refractivity contribution in [2.75, 3.05) is 0 Å². The van der Waals surface area contributed by atoms with E-state index in [1.165, 1.54) is 205 Å². The number of carbonyl (C=O) groups is 8. The highest BCUT2D eigenvalue weighted by molar-refractivity contribution is 5.78. The van der Waals surface area contributed by atoms with E-state index in [4.69, 9.17) is 37.9 Å². The molecule has 16 nitrogen and oxygen atoms in total. The summed E-state index contributed by atoms with van der Waals surface area (Å²) in [6.45, 7) is 59.0. The van der Waals surface area contributed by atoms with Crippen molar-refractivity contribution >= 4 is 47.8 Å². The van der Waals surface area contributed by atoms with Crippen LogP contribution in [0.25, 0.3) is 0 Å². The summed E-state index contributed by atoms with van der Waals surface area (Å²) < 4.78 is 46.1. The van der Waals surface area contributed by atoms with E-state index in [2.05, 4.69) is 76.2 Å². The summed E-state index contributed by atoms with van der Waals surface area (Å²) in [4.78, 5) is 95.3. The fourth-order valence-corrected chi connectivity index (χ4v) is 18.3. The molecule has 0 aliphatic heterocycles. The summed E-state index contributed by atoms with van der Waals surface area (Å²) >= 11 is 0. The van der Waals surface area contributed by atoms with E-state index in [0.29, 0.717) is 11.8 Å². The predicted octanol–water partition coefficient (Wildman–Crippen LogP) is 32.0. The minimum Gasteiger partial charge on any atom is -0.459 e. The maximum Gasteiger partial charge on any atom is 0.312 e. The predicted molar refractivity (Wildman–Crippen MR) is 525 cm³/mol. The van der Waals surface area contributed by atoms with Gasteiger partial charge in [0.2, 0.25) is 0 Å². The first-order chi connectivity index (χ1) is 59.6. The second-order valence-electron chi connectivity index (χ2n) is 44.2. The van der Waals surface area contributed by atoms with Crippen molar-refractivity contribution in [1.29, 1.82) is 0 Å². The van der Waals surface area contributed by atoms with E-state index in [-0.39, 0.29) is 138 Å². The van der Waals surface area contributed by atoms with Gasteiger partial charge in [0.1, 0.15) is 44.8 Å². The van der Waals surface area contributed by atoms with Gasteiger partial charge < -0.3 is 37.9 Å². The molecule has 0 aromatic rings. The van der Waals surface area contributed by atoms with E-state index in [0.717, 1.165) is 154 Å². The number of rotatable bonds is 30. The monoisotopic (exact) mass is 1800 g/mol. The third kappa shape index (κ3) is 45.1. The molecule has 0 amide bonds. The molecule has 127 heavy (non-hydrogen) atoms. The number of hydrogen-bond acceptors (Lipinski definition) is 16. The summed E-state index contributed by atoms with van der Waals surface area (Å²) in [5.41, 5.74) is -2.53. The summed E-state index contributed by atoms with van der Waals surface area (Å²) in [6.07, 6.45) is 63.4. The molecule has 16 heteroatoms. The lowest BCUT2D eigenvalue weighted by atomic mass is 9.77. The number of hydrogen-bond donors (Lipinski definition) is 0. The zero-order valence-electron chi connectivity index (χ0n) is 88.7. The molecule has 8 aliphatic rings. The minimum absolute atomic E-state index is 0.00347. The molecule has 746 valence electrons. The van der Waals surface area contributed by atoms with Gasteiger partial charge in [0, 0.05) is 0 Å². The topological polar surface area (TPSA) is 210 Å². The Morgan fingerprint density at radius 1 is 0.252 bits per heavy atom. The third-order valence-corrected chi connectivity index (χ3v) is 31.6. The van der Waals surface area contributed by atoms with Crippen LogP contribution in [0, 0.1) is 57.7 Å². The molecule has 0 spiro atoms. The molecule has 0 saturated heterocycles. The molecular weight excluding hydrogens is 1590 g/mol. The largest absolute Gasteiger partial charge is 0.459 e. The van der Waals surface area contributed by atoms with Crippen molar-refractivity contribution in [3.05, 3.63) is 0 Å². The quantitative estimate of drug-likeness (QED) is 0.0372. The Morgan fingerprint density at radius 2 is 0.472 bits per heavy atom. The molecule has 8 aliphatic carbocycles. The summed E-state index contributed by atoms with van der Waals surface area (Å²) in [6, 6.07) is 0. The van der Waals surface area contributed by atoms with Gasteiger partial charge in [0.15, 0.2) is 0 Å². The molecule has 0 radical (unpaired) electrons. The fourth-order valence-electron chi connectivity index (χ4n) is 18.3. The van der Waals surface area contributed by atoms with Gasteiger partial charge in [-0.2, -0.15) is 0 Å². The normalized spacial score (nSPS) is 21.3. The Morgan fingerprint density at radius 3 is 0.764 bits per heavy atom. The average Bonchev–Trinajstić information content (AvgIpc) is 1.70. The van der Waals surface area contributed by atoms with Crippen LogP contribution in [0.3, 0.4) is 0 Å². The Labute approximate surface area is 782 Å². The van der Waals surface area contributed by atoms with Crippen molar-refractivity contribution in [3.63, 3.8) is 0 Å². The van der Waals surface area contributed by atoms with Gasteiger partial charge in [0.05, 0.1) is 45.8 Å². The van der Waals surface area contributed by atoms with Crippen molar-refractivity contribution in [2.45, 2.75) is 605 Å². The molecule has 0 bridgehead atoms. The Hall–Kier alpha value is -4.24. The summed E-state index contributed by atoms with van der Waals surface area (Å²) in [5.74, 6) is 1.18. The van der Waals surface area contributed by atoms with Crippen molar-refractivity contribution in [3.8, 4) is 0 Å². The van der Waals surface area contributed by atoms with Gasteiger partial charge in [0.25, 0.3) is 0 Å². The lowest BCUT2D eigenvalue weighted by molar-refractivity contribution is -0.180. The van der Waals surface area contributed by atoms with Crippen LogP contribution in [0.4, 0.5) is 0 Å². The highest BCUT2D eigenvalue weighted by Crippen LogP contribution is 2.44. The van der Waals surface area contributed by atoms with Crippen LogP contribution in [0.1, 0.15) is 560 Å². The van der Waals surface area contributed by atoms with E-state index in [1.807, 2.05) is 125 Å². The number of carbonyl (C=O) groups excluding carboxylic acids is 8. The van der Waals surface area contributed by atoms with E-state index in [9.17, 15) is 38.4 Å². The SMILES string of the molecule is CCC(C)(C)C(=O)OC(CC)(CC)C1CCCCCC1.CCC(C)(C)C(=O)OC1(C)CCCC1.CCC(C)C(=O)OC(C)(C)C1CCCCCCC1.CCC(C)C(=O)OC1(C)CCCCC1.CCC(C)C(=O)OC1(C)CCCCCC1.CCC(C)C(=O)OC1(C)CCCCCCC1.CCC(C)C(=O)OC1(CC)CCCC1.CCC1(OC(=O)C(C)(C)CC)CCCCC1. The Kier molecular flexibility index (Phi) is 57.9. The van der Waals surface area contributed by atoms with Crippen LogP contribution >= 0.6 is 0 Å². The highest BCUT2D eigenvalue weighted by Gasteiger charge is 2.45. The van der Waals surface area contributed by atoms with Gasteiger partial charge in [-0.3, -0.25) is 38.4 Å². The first kappa shape index (κ1) is 121. The maximum atomic E-state index is 12.5. The van der Waals surface area contributed by atoms with Gasteiger partial charge >= 0.3 is 47.8 Å². The molecule has 8 saturated carbocycles. The smallest absolute Gasteiger partial charge is 0.312 e. The molecule has 0 N–H and O–H groups in total.